The SMILES string of the molecule is COc1ccc2c(c1)nnn2CC(=O)[C@H]1CC[C@H]2[C@@H]3CC[C@@H]4C[C@](C)(O)CC[C@]4(C)[C@H]3CC[C@]12C.COc1ccc2nn(CC(=O)[C@H]3CC[C@H]4[C@@H]5CC[C@@H]6C[C@](C)(O)CC[C@]6(C)[C@H]5CC[C@]34C)nc2c1.C[C@@]1(O)CC[C@@]2(C)[C@H](CC[C@@H]3[C@@H]2CC[C@]2(C)[C@@H](C(=O)Cn4nnc5ccccc54)CC[C@@H]32)C1.Cc1cnn(CC(=O)[C@H]2CC[C@H]3[C@@H]4CC[C@@H]5C[C@](C)(O)CC[C@]5(C)[C@H]4CC[C@]23C)n1. The molecule has 0 spiro atoms. The van der Waals surface area contributed by atoms with Crippen LogP contribution in [0.4, 0.5) is 0 Å². The van der Waals surface area contributed by atoms with E-state index in [1.165, 1.54) is 122 Å². The lowest BCUT2D eigenvalue weighted by Crippen LogP contribution is -2.55. The quantitative estimate of drug-likeness (QED) is 0.0787. The number of ether oxygens (including phenoxy) is 2. The van der Waals surface area contributed by atoms with E-state index in [1.807, 2.05) is 95.3 Å². The molecule has 16 aliphatic carbocycles. The second kappa shape index (κ2) is 34.3. The number of rotatable bonds is 14. The van der Waals surface area contributed by atoms with E-state index in [4.69, 9.17) is 9.47 Å². The number of para-hydroxylation sites is 1. The van der Waals surface area contributed by atoms with Gasteiger partial charge in [0.15, 0.2) is 23.1 Å². The molecule has 4 aromatic heterocycles. The van der Waals surface area contributed by atoms with Gasteiger partial charge in [0.25, 0.3) is 0 Å². The van der Waals surface area contributed by atoms with Crippen molar-refractivity contribution in [2.45, 2.75) is 370 Å². The molecule has 23 rings (SSSR count). The summed E-state index contributed by atoms with van der Waals surface area (Å²) in [6, 6.07) is 19.3. The smallest absolute Gasteiger partial charge is 0.159 e. The van der Waals surface area contributed by atoms with E-state index in [9.17, 15) is 39.6 Å². The largest absolute Gasteiger partial charge is 0.497 e. The van der Waals surface area contributed by atoms with Crippen molar-refractivity contribution in [3.8, 4) is 11.5 Å². The minimum Gasteiger partial charge on any atom is -0.497 e. The maximum Gasteiger partial charge on any atom is 0.159 e. The maximum atomic E-state index is 13.7. The van der Waals surface area contributed by atoms with E-state index in [2.05, 4.69) is 96.4 Å². The lowest BCUT2D eigenvalue weighted by atomic mass is 9.44. The number of aliphatic hydroxyl groups is 4. The summed E-state index contributed by atoms with van der Waals surface area (Å²) in [7, 11) is 3.29. The third-order valence-electron chi connectivity index (χ3n) is 44.0. The van der Waals surface area contributed by atoms with Gasteiger partial charge < -0.3 is 29.9 Å². The molecule has 3 aromatic carbocycles. The number of methoxy groups -OCH3 is 2. The first kappa shape index (κ1) is 93.8. The van der Waals surface area contributed by atoms with Crippen LogP contribution in [0.5, 0.6) is 11.5 Å². The number of nitrogens with zero attached hydrogens (tertiary/aromatic N) is 12. The average Bonchev–Trinajstić information content (AvgIpc) is 1.62. The average molecular weight is 1820 g/mol. The van der Waals surface area contributed by atoms with Gasteiger partial charge in [-0.25, -0.2) is 9.36 Å². The van der Waals surface area contributed by atoms with Gasteiger partial charge in [-0.2, -0.15) is 30.0 Å². The first-order valence-corrected chi connectivity index (χ1v) is 53.0. The summed E-state index contributed by atoms with van der Waals surface area (Å²) in [5.41, 5.74) is 5.91. The van der Waals surface area contributed by atoms with Crippen molar-refractivity contribution in [3.63, 3.8) is 0 Å². The van der Waals surface area contributed by atoms with E-state index in [0.717, 1.165) is 207 Å². The highest BCUT2D eigenvalue weighted by molar-refractivity contribution is 5.86. The molecule has 0 aliphatic heterocycles. The van der Waals surface area contributed by atoms with Crippen LogP contribution in [0.2, 0.25) is 0 Å². The number of aryl methyl sites for hydroxylation is 1. The number of ketones is 4. The summed E-state index contributed by atoms with van der Waals surface area (Å²) in [5.74, 6) is 14.6. The van der Waals surface area contributed by atoms with Crippen LogP contribution in [0.3, 0.4) is 0 Å². The molecule has 724 valence electrons. The molecule has 7 aromatic rings. The summed E-state index contributed by atoms with van der Waals surface area (Å²) in [5, 5.41) is 77.8. The second-order valence-electron chi connectivity index (χ2n) is 50.9. The normalized spacial score (nSPS) is 44.5. The van der Waals surface area contributed by atoms with E-state index >= 15 is 0 Å². The number of fused-ring (bicyclic) bond motifs is 23. The molecule has 0 unspecified atom stereocenters. The fraction of sp³-hybridized carbons (Fsp3) is 0.784. The number of benzene rings is 3. The van der Waals surface area contributed by atoms with Crippen molar-refractivity contribution >= 4 is 56.2 Å². The Labute approximate surface area is 790 Å². The summed E-state index contributed by atoms with van der Waals surface area (Å²) in [6.07, 6.45) is 42.7. The van der Waals surface area contributed by atoms with Gasteiger partial charge in [0.05, 0.1) is 59.5 Å². The Hall–Kier alpha value is -6.88. The number of aromatic nitrogens is 12. The number of carbonyl (C=O) groups is 4. The summed E-state index contributed by atoms with van der Waals surface area (Å²) in [4.78, 5) is 57.4. The monoisotopic (exact) mass is 1820 g/mol. The van der Waals surface area contributed by atoms with Gasteiger partial charge in [-0.05, 0) is 440 Å². The minimum absolute atomic E-state index is 0.0946. The van der Waals surface area contributed by atoms with Gasteiger partial charge in [-0.1, -0.05) is 77.9 Å². The standard InChI is InChI=1S/2C29H41N3O3.C28H39N3O2.C25H39N3O2/c1-27(34)13-14-28(2)18(16-27)5-7-20-21-8-9-23(29(21,3)12-11-22(20)28)26(33)17-32-25-10-6-19(35-4)15-24(25)30-31-32;1-27(34)13-14-28(2)18(16-27)5-7-20-21-8-9-23(29(21,3)12-11-22(20)28)26(33)17-32-30-24-10-6-19(35-4)15-25(24)31-32;1-26(33)14-15-27(2)18(16-26)8-9-19-20-10-11-22(28(20,3)13-12-21(19)27)25(32)17-31-24-7-5-4-6-23(24)29-30-31;1-16-14-26-28(27-16)15-22(29)21-8-7-19-18-6-5-17-13-23(2,30)11-12-24(17,3)20(18)9-10-25(19,21)4/h2*6,10,15,18,20-23,34H,5,7-9,11-14,16-17H2,1-4H3;4-7,18-22,33H,8-17H2,1-3H3;14,17-21,30H,5-13,15H2,1-4H3/t2*18-,20+,21+,22+,23-,27-,28+,29+;18-,19+,20+,21+,22-,26-,27+,28+;17-,18+,19+,20+,21-,23-,24+,25+/m1111/s1. The Bertz CT molecular complexity index is 5500. The van der Waals surface area contributed by atoms with Crippen molar-refractivity contribution in [2.24, 2.45) is 162 Å². The van der Waals surface area contributed by atoms with Crippen LogP contribution < -0.4 is 9.47 Å². The van der Waals surface area contributed by atoms with Crippen LogP contribution in [0, 0.1) is 169 Å². The molecule has 0 amide bonds. The van der Waals surface area contributed by atoms with Crippen LogP contribution in [0.1, 0.15) is 320 Å². The second-order valence-corrected chi connectivity index (χ2v) is 50.9. The Morgan fingerprint density at radius 3 is 1.02 bits per heavy atom. The molecule has 32 atom stereocenters. The third-order valence-corrected chi connectivity index (χ3v) is 44.0. The van der Waals surface area contributed by atoms with Gasteiger partial charge >= 0.3 is 0 Å². The molecule has 0 bridgehead atoms. The predicted molar refractivity (Wildman–Crippen MR) is 514 cm³/mol. The van der Waals surface area contributed by atoms with Gasteiger partial charge in [0.2, 0.25) is 0 Å². The molecule has 4 N–H and O–H groups in total. The van der Waals surface area contributed by atoms with Crippen molar-refractivity contribution in [1.29, 1.82) is 0 Å². The molecular weight excluding hydrogens is 1660 g/mol. The predicted octanol–water partition coefficient (Wildman–Crippen LogP) is 20.8. The zero-order valence-electron chi connectivity index (χ0n) is 83.3. The van der Waals surface area contributed by atoms with Gasteiger partial charge in [0, 0.05) is 35.8 Å². The van der Waals surface area contributed by atoms with E-state index in [1.54, 1.807) is 39.4 Å². The van der Waals surface area contributed by atoms with Crippen molar-refractivity contribution in [2.75, 3.05) is 14.2 Å². The molecule has 133 heavy (non-hydrogen) atoms. The van der Waals surface area contributed by atoms with Crippen LogP contribution in [0.15, 0.2) is 66.9 Å². The van der Waals surface area contributed by atoms with Gasteiger partial charge in [-0.15, -0.1) is 10.2 Å². The minimum atomic E-state index is -0.485. The first-order chi connectivity index (χ1) is 63.1. The number of Topliss-reactive ketones (excluding diaryl/α,β-unsaturated/α-hetero) is 4. The highest BCUT2D eigenvalue weighted by Crippen LogP contribution is 2.74. The van der Waals surface area contributed by atoms with Crippen LogP contribution in [-0.4, -0.2) is 140 Å². The molecule has 0 radical (unpaired) electrons. The topological polar surface area (TPSA) is 290 Å². The van der Waals surface area contributed by atoms with Crippen LogP contribution in [0.25, 0.3) is 33.1 Å². The molecule has 22 heteroatoms. The number of hydrogen-bond acceptors (Lipinski definition) is 18. The molecule has 4 heterocycles. The number of hydrogen-bond donors (Lipinski definition) is 4. The fourth-order valence-corrected chi connectivity index (χ4v) is 36.7. The summed E-state index contributed by atoms with van der Waals surface area (Å²) < 4.78 is 14.2. The Balaban J connectivity index is 0.000000110. The Morgan fingerprint density at radius 1 is 0.331 bits per heavy atom. The van der Waals surface area contributed by atoms with E-state index < -0.39 is 22.4 Å². The first-order valence-electron chi connectivity index (χ1n) is 53.0. The lowest BCUT2D eigenvalue weighted by molar-refractivity contribution is -0.151. The Kier molecular flexibility index (Phi) is 24.2. The molecule has 16 fully saturated rings. The lowest BCUT2D eigenvalue weighted by Gasteiger charge is -2.61. The summed E-state index contributed by atoms with van der Waals surface area (Å²) in [6.45, 7) is 31.2. The molecule has 16 aliphatic rings. The van der Waals surface area contributed by atoms with Gasteiger partial charge in [-0.3, -0.25) is 19.2 Å². The number of carbonyl (C=O) groups excluding carboxylic acids is 4. The molecule has 16 saturated carbocycles. The fourth-order valence-electron chi connectivity index (χ4n) is 36.7. The molecule has 22 nitrogen and oxygen atoms in total. The van der Waals surface area contributed by atoms with Crippen LogP contribution in [-0.2, 0) is 45.4 Å². The molecular formula is C111H160N12O10. The van der Waals surface area contributed by atoms with Crippen molar-refractivity contribution in [3.05, 3.63) is 72.6 Å². The summed E-state index contributed by atoms with van der Waals surface area (Å²) >= 11 is 0. The van der Waals surface area contributed by atoms with Crippen LogP contribution >= 0.6 is 0 Å². The zero-order chi connectivity index (χ0) is 93.5. The van der Waals surface area contributed by atoms with Crippen molar-refractivity contribution < 1.29 is 49.1 Å². The highest BCUT2D eigenvalue weighted by Gasteiger charge is 2.68. The third kappa shape index (κ3) is 16.3. The molecule has 0 saturated heterocycles. The zero-order valence-corrected chi connectivity index (χ0v) is 83.3. The Morgan fingerprint density at radius 2 is 0.654 bits per heavy atom. The highest BCUT2D eigenvalue weighted by atomic mass is 16.5. The van der Waals surface area contributed by atoms with E-state index in [0.29, 0.717) is 112 Å². The van der Waals surface area contributed by atoms with Crippen molar-refractivity contribution in [1.82, 2.24) is 60.0 Å². The van der Waals surface area contributed by atoms with E-state index in [-0.39, 0.29) is 51.9 Å². The maximum absolute atomic E-state index is 13.7. The van der Waals surface area contributed by atoms with Gasteiger partial charge in [0.1, 0.15) is 59.7 Å².